The minimum Gasteiger partial charge on any atom is -0.310 e. The molecule has 0 N–H and O–H groups in total. The summed E-state index contributed by atoms with van der Waals surface area (Å²) >= 11 is 0. The van der Waals surface area contributed by atoms with Crippen LogP contribution in [0.25, 0.3) is 5.69 Å². The van der Waals surface area contributed by atoms with Crippen LogP contribution >= 0.6 is 0 Å². The molecular weight excluding hydrogens is 348 g/mol. The van der Waals surface area contributed by atoms with E-state index in [1.54, 1.807) is 30.1 Å². The molecule has 0 bridgehead atoms. The lowest BCUT2D eigenvalue weighted by Crippen LogP contribution is -2.27. The number of hydrogen-bond donors (Lipinski definition) is 0. The number of hydrogen-bond acceptors (Lipinski definition) is 3. The smallest absolute Gasteiger partial charge is 0.278 e. The number of rotatable bonds is 3. The number of anilines is 1. The highest BCUT2D eigenvalue weighted by atomic mass is 16.2. The van der Waals surface area contributed by atoms with E-state index < -0.39 is 0 Å². The Morgan fingerprint density at radius 1 is 1.07 bits per heavy atom. The summed E-state index contributed by atoms with van der Waals surface area (Å²) in [5.41, 5.74) is 4.94. The number of benzene rings is 2. The lowest BCUT2D eigenvalue weighted by Gasteiger charge is -2.17. The Hall–Kier alpha value is -3.39. The predicted molar refractivity (Wildman–Crippen MR) is 109 cm³/mol. The fraction of sp³-hybridized carbons (Fsp3) is 0.261. The summed E-state index contributed by atoms with van der Waals surface area (Å²) in [4.78, 5) is 14.9. The van der Waals surface area contributed by atoms with Crippen LogP contribution < -0.4 is 4.90 Å². The number of amides is 1. The number of nitriles is 1. The molecule has 5 nitrogen and oxygen atoms in total. The van der Waals surface area contributed by atoms with E-state index in [9.17, 15) is 4.79 Å². The zero-order valence-corrected chi connectivity index (χ0v) is 15.9. The average molecular weight is 370 g/mol. The fourth-order valence-electron chi connectivity index (χ4n) is 3.79. The Labute approximate surface area is 164 Å². The van der Waals surface area contributed by atoms with Gasteiger partial charge in [-0.15, -0.1) is 0 Å². The third-order valence-electron chi connectivity index (χ3n) is 5.30. The van der Waals surface area contributed by atoms with E-state index in [2.05, 4.69) is 6.07 Å². The second-order valence-corrected chi connectivity index (χ2v) is 7.11. The molecule has 1 aliphatic rings. The second-order valence-electron chi connectivity index (χ2n) is 7.11. The number of para-hydroxylation sites is 1. The van der Waals surface area contributed by atoms with Crippen molar-refractivity contribution in [2.24, 2.45) is 0 Å². The summed E-state index contributed by atoms with van der Waals surface area (Å²) in [7, 11) is 1.74. The van der Waals surface area contributed by atoms with E-state index in [0.29, 0.717) is 16.9 Å². The van der Waals surface area contributed by atoms with E-state index in [1.165, 1.54) is 0 Å². The quantitative estimate of drug-likeness (QED) is 0.646. The van der Waals surface area contributed by atoms with Gasteiger partial charge in [-0.1, -0.05) is 30.7 Å². The van der Waals surface area contributed by atoms with E-state index >= 15 is 0 Å². The molecule has 140 valence electrons. The van der Waals surface area contributed by atoms with Gasteiger partial charge in [0.05, 0.1) is 17.3 Å². The van der Waals surface area contributed by atoms with Crippen molar-refractivity contribution in [1.82, 2.24) is 9.78 Å². The first-order valence-electron chi connectivity index (χ1n) is 9.63. The maximum atomic E-state index is 13.3. The summed E-state index contributed by atoms with van der Waals surface area (Å²) in [6.45, 7) is 0. The molecule has 0 spiro atoms. The molecule has 4 rings (SSSR count). The van der Waals surface area contributed by atoms with Crippen LogP contribution in [-0.2, 0) is 12.8 Å². The van der Waals surface area contributed by atoms with Gasteiger partial charge in [0, 0.05) is 24.0 Å². The minimum absolute atomic E-state index is 0.136. The summed E-state index contributed by atoms with van der Waals surface area (Å²) in [5.74, 6) is -0.136. The molecular formula is C23H22N4O. The summed E-state index contributed by atoms with van der Waals surface area (Å²) < 4.78 is 1.94. The fourth-order valence-corrected chi connectivity index (χ4v) is 3.79. The van der Waals surface area contributed by atoms with E-state index in [0.717, 1.165) is 49.0 Å². The van der Waals surface area contributed by atoms with Crippen molar-refractivity contribution in [2.45, 2.75) is 32.1 Å². The lowest BCUT2D eigenvalue weighted by atomic mass is 10.1. The summed E-state index contributed by atoms with van der Waals surface area (Å²) in [6, 6.07) is 19.2. The van der Waals surface area contributed by atoms with Crippen LogP contribution in [0.15, 0.2) is 54.6 Å². The number of nitrogens with zero attached hydrogens (tertiary/aromatic N) is 4. The van der Waals surface area contributed by atoms with Gasteiger partial charge in [0.2, 0.25) is 0 Å². The van der Waals surface area contributed by atoms with Crippen LogP contribution in [0.3, 0.4) is 0 Å². The first-order valence-corrected chi connectivity index (χ1v) is 9.63. The zero-order chi connectivity index (χ0) is 19.5. The number of carbonyl (C=O) groups is 1. The molecule has 0 unspecified atom stereocenters. The third kappa shape index (κ3) is 3.29. The van der Waals surface area contributed by atoms with Crippen molar-refractivity contribution >= 4 is 11.6 Å². The summed E-state index contributed by atoms with van der Waals surface area (Å²) in [6.07, 6.45) is 5.14. The van der Waals surface area contributed by atoms with Gasteiger partial charge in [0.15, 0.2) is 5.69 Å². The molecule has 1 heterocycles. The molecule has 0 radical (unpaired) electrons. The number of aromatic nitrogens is 2. The zero-order valence-electron chi connectivity index (χ0n) is 15.9. The van der Waals surface area contributed by atoms with Crippen molar-refractivity contribution in [3.05, 3.63) is 77.1 Å². The van der Waals surface area contributed by atoms with E-state index in [4.69, 9.17) is 10.4 Å². The molecule has 0 saturated carbocycles. The standard InChI is InChI=1S/C23H22N4O/c1-26(19-12-8-9-17(15-19)16-24)23(28)22-20-13-6-3-7-14-21(20)27(25-22)18-10-4-2-5-11-18/h2,4-5,8-12,15H,3,6-7,13-14H2,1H3. The van der Waals surface area contributed by atoms with E-state index in [1.807, 2.05) is 41.1 Å². The van der Waals surface area contributed by atoms with Gasteiger partial charge >= 0.3 is 0 Å². The molecule has 0 saturated heterocycles. The van der Waals surface area contributed by atoms with Gasteiger partial charge in [-0.25, -0.2) is 4.68 Å². The van der Waals surface area contributed by atoms with Gasteiger partial charge in [0.1, 0.15) is 0 Å². The van der Waals surface area contributed by atoms with E-state index in [-0.39, 0.29) is 5.91 Å². The highest BCUT2D eigenvalue weighted by Crippen LogP contribution is 2.28. The van der Waals surface area contributed by atoms with Crippen molar-refractivity contribution < 1.29 is 4.79 Å². The largest absolute Gasteiger partial charge is 0.310 e. The normalized spacial score (nSPS) is 13.3. The average Bonchev–Trinajstić information content (AvgIpc) is 2.94. The molecule has 1 aliphatic carbocycles. The number of carbonyl (C=O) groups excluding carboxylic acids is 1. The first kappa shape index (κ1) is 18.0. The number of fused-ring (bicyclic) bond motifs is 1. The van der Waals surface area contributed by atoms with Crippen LogP contribution in [0.5, 0.6) is 0 Å². The first-order chi connectivity index (χ1) is 13.7. The second kappa shape index (κ2) is 7.69. The molecule has 3 aromatic rings. The van der Waals surface area contributed by atoms with Gasteiger partial charge < -0.3 is 4.90 Å². The molecule has 5 heteroatoms. The molecule has 28 heavy (non-hydrogen) atoms. The van der Waals surface area contributed by atoms with Crippen LogP contribution in [0.1, 0.15) is 46.6 Å². The topological polar surface area (TPSA) is 61.9 Å². The monoisotopic (exact) mass is 370 g/mol. The van der Waals surface area contributed by atoms with Gasteiger partial charge in [-0.3, -0.25) is 4.79 Å². The van der Waals surface area contributed by atoms with Crippen molar-refractivity contribution in [1.29, 1.82) is 5.26 Å². The molecule has 1 amide bonds. The Balaban J connectivity index is 1.77. The Morgan fingerprint density at radius 2 is 1.86 bits per heavy atom. The lowest BCUT2D eigenvalue weighted by molar-refractivity contribution is 0.0987. The molecule has 2 aromatic carbocycles. The maximum Gasteiger partial charge on any atom is 0.278 e. The Bertz CT molecular complexity index is 1050. The van der Waals surface area contributed by atoms with Crippen molar-refractivity contribution in [3.63, 3.8) is 0 Å². The molecule has 1 aromatic heterocycles. The van der Waals surface area contributed by atoms with Gasteiger partial charge in [-0.2, -0.15) is 10.4 Å². The third-order valence-corrected chi connectivity index (χ3v) is 5.30. The Kier molecular flexibility index (Phi) is 4.94. The van der Waals surface area contributed by atoms with Crippen LogP contribution in [0, 0.1) is 11.3 Å². The van der Waals surface area contributed by atoms with Gasteiger partial charge in [0.25, 0.3) is 5.91 Å². The SMILES string of the molecule is CN(C(=O)c1nn(-c2ccccc2)c2c1CCCCC2)c1cccc(C#N)c1. The molecule has 0 atom stereocenters. The highest BCUT2D eigenvalue weighted by Gasteiger charge is 2.27. The van der Waals surface area contributed by atoms with Crippen molar-refractivity contribution in [2.75, 3.05) is 11.9 Å². The summed E-state index contributed by atoms with van der Waals surface area (Å²) in [5, 5.41) is 13.9. The predicted octanol–water partition coefficient (Wildman–Crippen LogP) is 4.29. The highest BCUT2D eigenvalue weighted by molar-refractivity contribution is 6.05. The molecule has 0 fully saturated rings. The molecule has 0 aliphatic heterocycles. The van der Waals surface area contributed by atoms with Crippen LogP contribution in [-0.4, -0.2) is 22.7 Å². The minimum atomic E-state index is -0.136. The maximum absolute atomic E-state index is 13.3. The Morgan fingerprint density at radius 3 is 2.64 bits per heavy atom. The van der Waals surface area contributed by atoms with Crippen LogP contribution in [0.4, 0.5) is 5.69 Å². The van der Waals surface area contributed by atoms with Crippen LogP contribution in [0.2, 0.25) is 0 Å². The van der Waals surface area contributed by atoms with Crippen molar-refractivity contribution in [3.8, 4) is 11.8 Å². The van der Waals surface area contributed by atoms with Gasteiger partial charge in [-0.05, 0) is 56.0 Å².